The zero-order chi connectivity index (χ0) is 18.5. The maximum absolute atomic E-state index is 13.2. The molecule has 4 rings (SSSR count). The number of nitrogens with zero attached hydrogens (tertiary/aromatic N) is 4. The number of likely N-dealkylation sites (tertiary alicyclic amines) is 1. The number of rotatable bonds is 2. The van der Waals surface area contributed by atoms with Gasteiger partial charge < -0.3 is 15.3 Å². The van der Waals surface area contributed by atoms with Gasteiger partial charge in [-0.1, -0.05) is 0 Å². The quantitative estimate of drug-likeness (QED) is 0.832. The van der Waals surface area contributed by atoms with E-state index in [0.717, 1.165) is 24.4 Å². The fourth-order valence-electron chi connectivity index (χ4n) is 4.41. The summed E-state index contributed by atoms with van der Waals surface area (Å²) in [4.78, 5) is 31.3. The molecule has 0 bridgehead atoms. The largest absolute Gasteiger partial charge is 0.481 e. The van der Waals surface area contributed by atoms with Crippen molar-refractivity contribution < 1.29 is 14.7 Å². The van der Waals surface area contributed by atoms with Crippen molar-refractivity contribution in [2.45, 2.75) is 39.2 Å². The van der Waals surface area contributed by atoms with Crippen molar-refractivity contribution in [3.8, 4) is 0 Å². The third-order valence-electron chi connectivity index (χ3n) is 5.74. The van der Waals surface area contributed by atoms with Crippen LogP contribution in [0.25, 0.3) is 5.65 Å². The first-order chi connectivity index (χ1) is 12.4. The predicted octanol–water partition coefficient (Wildman–Crippen LogP) is 1.02. The lowest BCUT2D eigenvalue weighted by Gasteiger charge is -2.48. The lowest BCUT2D eigenvalue weighted by Crippen LogP contribution is -2.63. The molecule has 8 heteroatoms. The minimum atomic E-state index is -0.908. The van der Waals surface area contributed by atoms with Crippen LogP contribution in [-0.4, -0.2) is 62.2 Å². The third kappa shape index (κ3) is 2.47. The van der Waals surface area contributed by atoms with E-state index in [9.17, 15) is 14.7 Å². The van der Waals surface area contributed by atoms with E-state index in [1.54, 1.807) is 9.42 Å². The highest BCUT2D eigenvalue weighted by Gasteiger charge is 2.51. The van der Waals surface area contributed by atoms with Crippen LogP contribution in [0.15, 0.2) is 12.3 Å². The highest BCUT2D eigenvalue weighted by atomic mass is 16.4. The molecule has 2 fully saturated rings. The Hall–Kier alpha value is -2.48. The van der Waals surface area contributed by atoms with Crippen LogP contribution in [0.3, 0.4) is 0 Å². The minimum Gasteiger partial charge on any atom is -0.481 e. The number of aromatic nitrogens is 3. The Morgan fingerprint density at radius 1 is 1.38 bits per heavy atom. The van der Waals surface area contributed by atoms with Crippen molar-refractivity contribution in [1.82, 2.24) is 24.8 Å². The SMILES string of the molecule is Cc1cc(C)n2ncc(C(=O)N3CC[C@@H]4NCCC[C@@]4(C(=O)O)C3)c2n1. The van der Waals surface area contributed by atoms with Crippen molar-refractivity contribution in [1.29, 1.82) is 0 Å². The van der Waals surface area contributed by atoms with Gasteiger partial charge >= 0.3 is 5.97 Å². The zero-order valence-electron chi connectivity index (χ0n) is 15.0. The van der Waals surface area contributed by atoms with Gasteiger partial charge in [0, 0.05) is 30.5 Å². The fourth-order valence-corrected chi connectivity index (χ4v) is 4.41. The van der Waals surface area contributed by atoms with Crippen molar-refractivity contribution in [3.05, 3.63) is 29.2 Å². The summed E-state index contributed by atoms with van der Waals surface area (Å²) in [6, 6.07) is 1.83. The Morgan fingerprint density at radius 3 is 2.96 bits per heavy atom. The van der Waals surface area contributed by atoms with Crippen LogP contribution >= 0.6 is 0 Å². The van der Waals surface area contributed by atoms with Crippen molar-refractivity contribution in [2.24, 2.45) is 5.41 Å². The maximum Gasteiger partial charge on any atom is 0.313 e. The minimum absolute atomic E-state index is 0.0793. The number of aliphatic carboxylic acids is 1. The molecule has 0 saturated carbocycles. The van der Waals surface area contributed by atoms with Crippen LogP contribution in [-0.2, 0) is 4.79 Å². The van der Waals surface area contributed by atoms with Gasteiger partial charge in [0.05, 0.1) is 6.20 Å². The van der Waals surface area contributed by atoms with E-state index in [1.165, 1.54) is 6.20 Å². The summed E-state index contributed by atoms with van der Waals surface area (Å²) in [6.07, 6.45) is 3.58. The molecule has 0 aliphatic carbocycles. The van der Waals surface area contributed by atoms with Gasteiger partial charge in [0.25, 0.3) is 5.91 Å². The standard InChI is InChI=1S/C18H23N5O3/c1-11-8-12(2)23-15(21-11)13(9-20-23)16(24)22-7-4-14-18(10-22,17(25)26)5-3-6-19-14/h8-9,14,19H,3-7,10H2,1-2H3,(H,25,26)/t14-,18+/m0/s1. The molecule has 138 valence electrons. The highest BCUT2D eigenvalue weighted by Crippen LogP contribution is 2.38. The van der Waals surface area contributed by atoms with Gasteiger partial charge in [-0.15, -0.1) is 0 Å². The number of nitrogens with one attached hydrogen (secondary N) is 1. The number of carbonyl (C=O) groups excluding carboxylic acids is 1. The van der Waals surface area contributed by atoms with Crippen molar-refractivity contribution >= 4 is 17.5 Å². The van der Waals surface area contributed by atoms with E-state index in [2.05, 4.69) is 15.4 Å². The van der Waals surface area contributed by atoms with Crippen LogP contribution in [0.4, 0.5) is 0 Å². The molecule has 2 saturated heterocycles. The Bertz CT molecular complexity index is 892. The summed E-state index contributed by atoms with van der Waals surface area (Å²) < 4.78 is 1.65. The third-order valence-corrected chi connectivity index (χ3v) is 5.74. The number of carboxylic acids is 1. The fraction of sp³-hybridized carbons (Fsp3) is 0.556. The van der Waals surface area contributed by atoms with Crippen LogP contribution in [0.5, 0.6) is 0 Å². The summed E-state index contributed by atoms with van der Waals surface area (Å²) in [5.74, 6) is -1.01. The van der Waals surface area contributed by atoms with Crippen molar-refractivity contribution in [2.75, 3.05) is 19.6 Å². The second-order valence-corrected chi connectivity index (χ2v) is 7.42. The molecular formula is C18H23N5O3. The second-order valence-electron chi connectivity index (χ2n) is 7.42. The molecule has 2 atom stereocenters. The summed E-state index contributed by atoms with van der Waals surface area (Å²) in [5.41, 5.74) is 1.78. The van der Waals surface area contributed by atoms with Gasteiger partial charge in [0.15, 0.2) is 5.65 Å². The van der Waals surface area contributed by atoms with Gasteiger partial charge in [-0.05, 0) is 45.7 Å². The summed E-state index contributed by atoms with van der Waals surface area (Å²) >= 11 is 0. The first kappa shape index (κ1) is 17.0. The summed E-state index contributed by atoms with van der Waals surface area (Å²) in [5, 5.41) is 17.5. The summed E-state index contributed by atoms with van der Waals surface area (Å²) in [6.45, 7) is 5.40. The number of hydrogen-bond acceptors (Lipinski definition) is 5. The number of carbonyl (C=O) groups is 2. The molecule has 1 amide bonds. The highest BCUT2D eigenvalue weighted by molar-refractivity contribution is 6.00. The maximum atomic E-state index is 13.2. The van der Waals surface area contributed by atoms with Crippen LogP contribution < -0.4 is 5.32 Å². The Morgan fingerprint density at radius 2 is 2.19 bits per heavy atom. The van der Waals surface area contributed by atoms with Crippen LogP contribution in [0.2, 0.25) is 0 Å². The predicted molar refractivity (Wildman–Crippen MR) is 94.1 cm³/mol. The molecule has 4 heterocycles. The lowest BCUT2D eigenvalue weighted by molar-refractivity contribution is -0.156. The second kappa shape index (κ2) is 6.05. The molecule has 0 spiro atoms. The van der Waals surface area contributed by atoms with Crippen LogP contribution in [0, 0.1) is 19.3 Å². The number of piperidine rings is 2. The van der Waals surface area contributed by atoms with E-state index in [0.29, 0.717) is 30.6 Å². The number of hydrogen-bond donors (Lipinski definition) is 2. The molecule has 2 aliphatic rings. The molecule has 0 radical (unpaired) electrons. The zero-order valence-corrected chi connectivity index (χ0v) is 15.0. The molecular weight excluding hydrogens is 334 g/mol. The Kier molecular flexibility index (Phi) is 3.95. The van der Waals surface area contributed by atoms with E-state index >= 15 is 0 Å². The van der Waals surface area contributed by atoms with E-state index in [1.807, 2.05) is 19.9 Å². The number of carboxylic acid groups (broad SMARTS) is 1. The Labute approximate surface area is 151 Å². The molecule has 0 aromatic carbocycles. The molecule has 0 unspecified atom stereocenters. The van der Waals surface area contributed by atoms with Gasteiger partial charge in [-0.3, -0.25) is 9.59 Å². The van der Waals surface area contributed by atoms with E-state index in [4.69, 9.17) is 0 Å². The van der Waals surface area contributed by atoms with Gasteiger partial charge in [0.2, 0.25) is 0 Å². The molecule has 2 aromatic rings. The Balaban J connectivity index is 1.68. The molecule has 2 aromatic heterocycles. The average molecular weight is 357 g/mol. The molecule has 8 nitrogen and oxygen atoms in total. The van der Waals surface area contributed by atoms with Crippen molar-refractivity contribution in [3.63, 3.8) is 0 Å². The van der Waals surface area contributed by atoms with Gasteiger partial charge in [-0.2, -0.15) is 5.10 Å². The number of aryl methyl sites for hydroxylation is 2. The van der Waals surface area contributed by atoms with E-state index in [-0.39, 0.29) is 18.5 Å². The van der Waals surface area contributed by atoms with Gasteiger partial charge in [-0.25, -0.2) is 9.50 Å². The smallest absolute Gasteiger partial charge is 0.313 e. The normalized spacial score (nSPS) is 25.9. The molecule has 2 aliphatic heterocycles. The first-order valence-electron chi connectivity index (χ1n) is 9.00. The number of amides is 1. The average Bonchev–Trinajstić information content (AvgIpc) is 3.04. The van der Waals surface area contributed by atoms with Crippen LogP contribution in [0.1, 0.15) is 41.0 Å². The molecule has 26 heavy (non-hydrogen) atoms. The summed E-state index contributed by atoms with van der Waals surface area (Å²) in [7, 11) is 0. The number of fused-ring (bicyclic) bond motifs is 2. The topological polar surface area (TPSA) is 99.8 Å². The first-order valence-corrected chi connectivity index (χ1v) is 9.00. The lowest BCUT2D eigenvalue weighted by atomic mass is 9.70. The molecule has 2 N–H and O–H groups in total. The van der Waals surface area contributed by atoms with E-state index < -0.39 is 11.4 Å². The monoisotopic (exact) mass is 357 g/mol. The van der Waals surface area contributed by atoms with Gasteiger partial charge in [0.1, 0.15) is 11.0 Å².